The van der Waals surface area contributed by atoms with Gasteiger partial charge in [0.05, 0.1) is 0 Å². The van der Waals surface area contributed by atoms with Gasteiger partial charge in [0.15, 0.2) is 0 Å². The third kappa shape index (κ3) is 2.82. The minimum Gasteiger partial charge on any atom is -0.431 e. The molecule has 0 fully saturated rings. The van der Waals surface area contributed by atoms with Crippen LogP contribution < -0.4 is 4.74 Å². The summed E-state index contributed by atoms with van der Waals surface area (Å²) < 4.78 is 19.1. The Morgan fingerprint density at radius 3 is 2.67 bits per heavy atom. The second kappa shape index (κ2) is 5.24. The highest BCUT2D eigenvalue weighted by molar-refractivity contribution is 7.13. The average molecular weight is 286 g/mol. The van der Waals surface area contributed by atoms with Gasteiger partial charge in [-0.25, -0.2) is 4.39 Å². The SMILES string of the molecule is Cc1sc(Oc2ccc(F)c(C(C)C)c2)nc1Cl. The van der Waals surface area contributed by atoms with Crippen LogP contribution in [-0.2, 0) is 0 Å². The molecule has 2 nitrogen and oxygen atoms in total. The molecule has 0 bridgehead atoms. The van der Waals surface area contributed by atoms with Crippen molar-refractivity contribution in [2.24, 2.45) is 0 Å². The van der Waals surface area contributed by atoms with Gasteiger partial charge >= 0.3 is 0 Å². The summed E-state index contributed by atoms with van der Waals surface area (Å²) >= 11 is 7.23. The van der Waals surface area contributed by atoms with Gasteiger partial charge < -0.3 is 4.74 Å². The second-order valence-electron chi connectivity index (χ2n) is 4.27. The Kier molecular flexibility index (Phi) is 3.88. The maximum atomic E-state index is 13.5. The highest BCUT2D eigenvalue weighted by atomic mass is 35.5. The fourth-order valence-corrected chi connectivity index (χ4v) is 2.44. The third-order valence-corrected chi connectivity index (χ3v) is 3.84. The molecular formula is C13H13ClFNOS. The molecule has 0 aliphatic heterocycles. The molecule has 1 aromatic carbocycles. The molecule has 2 rings (SSSR count). The van der Waals surface area contributed by atoms with Crippen molar-refractivity contribution in [1.82, 2.24) is 4.98 Å². The molecule has 1 aromatic heterocycles. The number of hydrogen-bond donors (Lipinski definition) is 0. The summed E-state index contributed by atoms with van der Waals surface area (Å²) in [5.74, 6) is 0.464. The van der Waals surface area contributed by atoms with E-state index in [0.29, 0.717) is 21.7 Å². The zero-order valence-corrected chi connectivity index (χ0v) is 11.9. The maximum absolute atomic E-state index is 13.5. The molecule has 0 aliphatic carbocycles. The van der Waals surface area contributed by atoms with Crippen LogP contribution in [0.25, 0.3) is 0 Å². The first kappa shape index (κ1) is 13.3. The molecule has 18 heavy (non-hydrogen) atoms. The fraction of sp³-hybridized carbons (Fsp3) is 0.308. The first-order valence-electron chi connectivity index (χ1n) is 5.57. The van der Waals surface area contributed by atoms with Crippen molar-refractivity contribution in [2.75, 3.05) is 0 Å². The van der Waals surface area contributed by atoms with E-state index in [9.17, 15) is 4.39 Å². The van der Waals surface area contributed by atoms with Crippen LogP contribution in [0, 0.1) is 12.7 Å². The van der Waals surface area contributed by atoms with E-state index in [1.165, 1.54) is 17.4 Å². The van der Waals surface area contributed by atoms with Crippen molar-refractivity contribution in [3.63, 3.8) is 0 Å². The Labute approximate surface area is 114 Å². The summed E-state index contributed by atoms with van der Waals surface area (Å²) in [5, 5.41) is 0.917. The van der Waals surface area contributed by atoms with Crippen molar-refractivity contribution in [3.8, 4) is 10.9 Å². The predicted octanol–water partition coefficient (Wildman–Crippen LogP) is 5.16. The second-order valence-corrected chi connectivity index (χ2v) is 5.79. The lowest BCUT2D eigenvalue weighted by molar-refractivity contribution is 0.474. The van der Waals surface area contributed by atoms with E-state index in [4.69, 9.17) is 16.3 Å². The molecule has 0 aliphatic rings. The van der Waals surface area contributed by atoms with Gasteiger partial charge in [0.2, 0.25) is 0 Å². The molecule has 96 valence electrons. The van der Waals surface area contributed by atoms with Crippen LogP contribution in [0.4, 0.5) is 4.39 Å². The number of halogens is 2. The first-order chi connectivity index (χ1) is 8.47. The van der Waals surface area contributed by atoms with Gasteiger partial charge in [0.25, 0.3) is 5.19 Å². The summed E-state index contributed by atoms with van der Waals surface area (Å²) in [6.45, 7) is 5.75. The molecule has 0 atom stereocenters. The van der Waals surface area contributed by atoms with E-state index in [1.54, 1.807) is 12.1 Å². The van der Waals surface area contributed by atoms with Crippen molar-refractivity contribution in [1.29, 1.82) is 0 Å². The van der Waals surface area contributed by atoms with Crippen LogP contribution in [0.3, 0.4) is 0 Å². The van der Waals surface area contributed by atoms with E-state index in [-0.39, 0.29) is 11.7 Å². The fourth-order valence-electron chi connectivity index (χ4n) is 1.53. The quantitative estimate of drug-likeness (QED) is 0.777. The van der Waals surface area contributed by atoms with Crippen molar-refractivity contribution in [3.05, 3.63) is 39.6 Å². The van der Waals surface area contributed by atoms with E-state index in [2.05, 4.69) is 4.98 Å². The summed E-state index contributed by atoms with van der Waals surface area (Å²) in [6.07, 6.45) is 0. The lowest BCUT2D eigenvalue weighted by Crippen LogP contribution is -1.94. The average Bonchev–Trinajstić information content (AvgIpc) is 2.60. The number of hydrogen-bond acceptors (Lipinski definition) is 3. The maximum Gasteiger partial charge on any atom is 0.280 e. The minimum absolute atomic E-state index is 0.107. The third-order valence-electron chi connectivity index (χ3n) is 2.51. The van der Waals surface area contributed by atoms with E-state index in [1.807, 2.05) is 20.8 Å². The Morgan fingerprint density at radius 2 is 2.11 bits per heavy atom. The minimum atomic E-state index is -0.217. The molecule has 2 aromatic rings. The topological polar surface area (TPSA) is 22.1 Å². The Bertz CT molecular complexity index is 549. The number of thiazole rings is 1. The zero-order chi connectivity index (χ0) is 13.3. The van der Waals surface area contributed by atoms with Gasteiger partial charge in [-0.2, -0.15) is 4.98 Å². The van der Waals surface area contributed by atoms with Crippen LogP contribution in [0.15, 0.2) is 18.2 Å². The number of aryl methyl sites for hydroxylation is 1. The van der Waals surface area contributed by atoms with Crippen molar-refractivity contribution < 1.29 is 9.13 Å². The normalized spacial score (nSPS) is 11.0. The predicted molar refractivity (Wildman–Crippen MR) is 72.4 cm³/mol. The molecule has 5 heteroatoms. The molecule has 0 radical (unpaired) electrons. The summed E-state index contributed by atoms with van der Waals surface area (Å²) in [6, 6.07) is 4.70. The standard InChI is InChI=1S/C13H13ClFNOS/c1-7(2)10-6-9(4-5-11(10)15)17-13-16-12(14)8(3)18-13/h4-7H,1-3H3. The number of aromatic nitrogens is 1. The highest BCUT2D eigenvalue weighted by Crippen LogP contribution is 2.32. The van der Waals surface area contributed by atoms with E-state index in [0.717, 1.165) is 4.88 Å². The Balaban J connectivity index is 2.27. The summed E-state index contributed by atoms with van der Waals surface area (Å²) in [4.78, 5) is 4.97. The molecule has 0 N–H and O–H groups in total. The molecule has 0 spiro atoms. The summed E-state index contributed by atoms with van der Waals surface area (Å²) in [7, 11) is 0. The van der Waals surface area contributed by atoms with E-state index < -0.39 is 0 Å². The smallest absolute Gasteiger partial charge is 0.280 e. The van der Waals surface area contributed by atoms with E-state index >= 15 is 0 Å². The van der Waals surface area contributed by atoms with Gasteiger partial charge in [-0.3, -0.25) is 0 Å². The Morgan fingerprint density at radius 1 is 1.39 bits per heavy atom. The van der Waals surface area contributed by atoms with Gasteiger partial charge in [0.1, 0.15) is 16.7 Å². The largest absolute Gasteiger partial charge is 0.431 e. The number of rotatable bonds is 3. The molecule has 0 unspecified atom stereocenters. The van der Waals surface area contributed by atoms with Crippen molar-refractivity contribution >= 4 is 22.9 Å². The zero-order valence-electron chi connectivity index (χ0n) is 10.3. The number of benzene rings is 1. The highest BCUT2D eigenvalue weighted by Gasteiger charge is 2.11. The van der Waals surface area contributed by atoms with Crippen LogP contribution in [0.5, 0.6) is 10.9 Å². The molecule has 0 amide bonds. The lowest BCUT2D eigenvalue weighted by atomic mass is 10.0. The van der Waals surface area contributed by atoms with Gasteiger partial charge in [0, 0.05) is 4.88 Å². The van der Waals surface area contributed by atoms with Gasteiger partial charge in [-0.05, 0) is 36.6 Å². The van der Waals surface area contributed by atoms with Crippen LogP contribution in [-0.4, -0.2) is 4.98 Å². The number of nitrogens with zero attached hydrogens (tertiary/aromatic N) is 1. The molecule has 0 saturated carbocycles. The monoisotopic (exact) mass is 285 g/mol. The van der Waals surface area contributed by atoms with Gasteiger partial charge in [-0.1, -0.05) is 36.8 Å². The number of ether oxygens (including phenoxy) is 1. The lowest BCUT2D eigenvalue weighted by Gasteiger charge is -2.09. The van der Waals surface area contributed by atoms with Gasteiger partial charge in [-0.15, -0.1) is 0 Å². The van der Waals surface area contributed by atoms with Crippen LogP contribution in [0.2, 0.25) is 5.15 Å². The van der Waals surface area contributed by atoms with Crippen LogP contribution in [0.1, 0.15) is 30.2 Å². The summed E-state index contributed by atoms with van der Waals surface area (Å²) in [5.41, 5.74) is 0.631. The molecule has 1 heterocycles. The molecule has 0 saturated heterocycles. The Hall–Kier alpha value is -1.13. The van der Waals surface area contributed by atoms with Crippen LogP contribution >= 0.6 is 22.9 Å². The van der Waals surface area contributed by atoms with Crippen molar-refractivity contribution in [2.45, 2.75) is 26.7 Å². The first-order valence-corrected chi connectivity index (χ1v) is 6.77. The molecular weight excluding hydrogens is 273 g/mol.